The molecule has 0 rings (SSSR count). The van der Waals surface area contributed by atoms with Gasteiger partial charge in [0.1, 0.15) is 0 Å². The maximum Gasteiger partial charge on any atom is 0.309 e. The Hall–Kier alpha value is -1.63. The van der Waals surface area contributed by atoms with Crippen molar-refractivity contribution in [2.45, 2.75) is 6.42 Å². The lowest BCUT2D eigenvalue weighted by Gasteiger charge is -2.15. The van der Waals surface area contributed by atoms with Gasteiger partial charge in [0.05, 0.1) is 24.9 Å². The third-order valence-electron chi connectivity index (χ3n) is 1.71. The van der Waals surface area contributed by atoms with Crippen molar-refractivity contribution in [3.05, 3.63) is 0 Å². The van der Waals surface area contributed by atoms with Crippen molar-refractivity contribution >= 4 is 17.9 Å². The molecule has 0 spiro atoms. The fourth-order valence-electron chi connectivity index (χ4n) is 0.967. The topological polar surface area (TPSA) is 132 Å². The van der Waals surface area contributed by atoms with Crippen LogP contribution in [0.5, 0.6) is 0 Å². The quantitative estimate of drug-likeness (QED) is 0.431. The van der Waals surface area contributed by atoms with Crippen molar-refractivity contribution in [1.82, 2.24) is 0 Å². The molecule has 80 valence electrons. The summed E-state index contributed by atoms with van der Waals surface area (Å²) >= 11 is 0. The zero-order valence-corrected chi connectivity index (χ0v) is 7.08. The fourth-order valence-corrected chi connectivity index (χ4v) is 0.967. The van der Waals surface area contributed by atoms with Gasteiger partial charge in [-0.25, -0.2) is 0 Å². The first-order valence-corrected chi connectivity index (χ1v) is 3.68. The maximum absolute atomic E-state index is 10.5. The molecular formula is C7H10O7. The van der Waals surface area contributed by atoms with Crippen molar-refractivity contribution in [3.8, 4) is 0 Å². The molecule has 4 N–H and O–H groups in total. The molecule has 0 aliphatic heterocycles. The number of aliphatic carboxylic acids is 3. The molecule has 2 unspecified atom stereocenters. The van der Waals surface area contributed by atoms with Crippen molar-refractivity contribution in [1.29, 1.82) is 0 Å². The van der Waals surface area contributed by atoms with E-state index in [2.05, 4.69) is 0 Å². The molecule has 0 saturated heterocycles. The van der Waals surface area contributed by atoms with E-state index in [-0.39, 0.29) is 0 Å². The van der Waals surface area contributed by atoms with Crippen LogP contribution in [0.2, 0.25) is 0 Å². The second-order valence-electron chi connectivity index (χ2n) is 2.67. The highest BCUT2D eigenvalue weighted by Crippen LogP contribution is 2.16. The molecule has 0 aromatic rings. The molecule has 0 saturated carbocycles. The van der Waals surface area contributed by atoms with Gasteiger partial charge < -0.3 is 20.4 Å². The standard InChI is InChI=1S/C7H10O7/c8-2-4(7(13)14)3(6(11)12)1-5(9)10/h3-4,8H,1-2H2,(H,9,10)(H,11,12)(H,13,14). The van der Waals surface area contributed by atoms with E-state index < -0.39 is 42.8 Å². The molecule has 0 heterocycles. The zero-order valence-electron chi connectivity index (χ0n) is 7.08. The average molecular weight is 206 g/mol. The van der Waals surface area contributed by atoms with E-state index in [9.17, 15) is 14.4 Å². The molecule has 7 heteroatoms. The Morgan fingerprint density at radius 2 is 1.36 bits per heavy atom. The van der Waals surface area contributed by atoms with Crippen molar-refractivity contribution in [2.75, 3.05) is 6.61 Å². The normalized spacial score (nSPS) is 14.4. The number of hydrogen-bond donors (Lipinski definition) is 4. The number of carbonyl (C=O) groups is 3. The Balaban J connectivity index is 4.69. The maximum atomic E-state index is 10.5. The first-order chi connectivity index (χ1) is 6.40. The van der Waals surface area contributed by atoms with E-state index in [1.807, 2.05) is 0 Å². The summed E-state index contributed by atoms with van der Waals surface area (Å²) < 4.78 is 0. The van der Waals surface area contributed by atoms with Crippen molar-refractivity contribution in [2.24, 2.45) is 11.8 Å². The van der Waals surface area contributed by atoms with E-state index in [0.717, 1.165) is 0 Å². The Morgan fingerprint density at radius 3 is 1.57 bits per heavy atom. The summed E-state index contributed by atoms with van der Waals surface area (Å²) in [6.07, 6.45) is -0.827. The Kier molecular flexibility index (Phi) is 4.57. The van der Waals surface area contributed by atoms with Crippen LogP contribution in [0.1, 0.15) is 6.42 Å². The van der Waals surface area contributed by atoms with Gasteiger partial charge in [-0.1, -0.05) is 0 Å². The third kappa shape index (κ3) is 3.40. The van der Waals surface area contributed by atoms with Crippen LogP contribution in [0.4, 0.5) is 0 Å². The van der Waals surface area contributed by atoms with Gasteiger partial charge in [0, 0.05) is 0 Å². The Bertz CT molecular complexity index is 246. The van der Waals surface area contributed by atoms with E-state index in [4.69, 9.17) is 20.4 Å². The predicted octanol–water partition coefficient (Wildman–Crippen LogP) is -1.15. The summed E-state index contributed by atoms with van der Waals surface area (Å²) in [7, 11) is 0. The number of hydrogen-bond acceptors (Lipinski definition) is 4. The summed E-state index contributed by atoms with van der Waals surface area (Å²) in [5.74, 6) is -7.70. The van der Waals surface area contributed by atoms with Gasteiger partial charge in [-0.2, -0.15) is 0 Å². The molecule has 0 radical (unpaired) electrons. The van der Waals surface area contributed by atoms with Crippen LogP contribution in [0.15, 0.2) is 0 Å². The van der Waals surface area contributed by atoms with Gasteiger partial charge in [-0.05, 0) is 0 Å². The molecule has 0 fully saturated rings. The predicted molar refractivity (Wildman–Crippen MR) is 41.6 cm³/mol. The molecule has 0 aromatic carbocycles. The number of aliphatic hydroxyl groups is 1. The molecule has 0 aromatic heterocycles. The van der Waals surface area contributed by atoms with Gasteiger partial charge in [0.15, 0.2) is 0 Å². The largest absolute Gasteiger partial charge is 0.481 e. The van der Waals surface area contributed by atoms with Gasteiger partial charge in [-0.15, -0.1) is 0 Å². The van der Waals surface area contributed by atoms with E-state index in [0.29, 0.717) is 0 Å². The summed E-state index contributed by atoms with van der Waals surface area (Å²) in [5.41, 5.74) is 0. The van der Waals surface area contributed by atoms with Crippen molar-refractivity contribution in [3.63, 3.8) is 0 Å². The Morgan fingerprint density at radius 1 is 0.929 bits per heavy atom. The summed E-state index contributed by atoms with van der Waals surface area (Å²) in [5, 5.41) is 33.9. The Labute approximate surface area is 78.6 Å². The lowest BCUT2D eigenvalue weighted by atomic mass is 9.90. The summed E-state index contributed by atoms with van der Waals surface area (Å²) in [4.78, 5) is 31.2. The van der Waals surface area contributed by atoms with E-state index in [1.54, 1.807) is 0 Å². The zero-order chi connectivity index (χ0) is 11.3. The lowest BCUT2D eigenvalue weighted by Crippen LogP contribution is -2.34. The van der Waals surface area contributed by atoms with Crippen LogP contribution < -0.4 is 0 Å². The van der Waals surface area contributed by atoms with E-state index >= 15 is 0 Å². The molecule has 0 aliphatic carbocycles. The minimum absolute atomic E-state index is 0.827. The molecule has 14 heavy (non-hydrogen) atoms. The smallest absolute Gasteiger partial charge is 0.309 e. The highest BCUT2D eigenvalue weighted by Gasteiger charge is 2.34. The number of aliphatic hydroxyl groups excluding tert-OH is 1. The van der Waals surface area contributed by atoms with Gasteiger partial charge in [0.2, 0.25) is 0 Å². The molecule has 2 atom stereocenters. The molecule has 0 aliphatic rings. The molecular weight excluding hydrogens is 196 g/mol. The third-order valence-corrected chi connectivity index (χ3v) is 1.71. The first kappa shape index (κ1) is 12.4. The van der Waals surface area contributed by atoms with Crippen molar-refractivity contribution < 1.29 is 34.8 Å². The fraction of sp³-hybridized carbons (Fsp3) is 0.571. The summed E-state index contributed by atoms with van der Waals surface area (Å²) in [6, 6.07) is 0. The highest BCUT2D eigenvalue weighted by atomic mass is 16.4. The van der Waals surface area contributed by atoms with Crippen LogP contribution in [0, 0.1) is 11.8 Å². The highest BCUT2D eigenvalue weighted by molar-refractivity contribution is 5.83. The van der Waals surface area contributed by atoms with Crippen LogP contribution in [0.3, 0.4) is 0 Å². The van der Waals surface area contributed by atoms with Gasteiger partial charge in [-0.3, -0.25) is 14.4 Å². The van der Waals surface area contributed by atoms with Gasteiger partial charge in [0.25, 0.3) is 0 Å². The lowest BCUT2D eigenvalue weighted by molar-refractivity contribution is -0.158. The second kappa shape index (κ2) is 5.18. The molecule has 0 bridgehead atoms. The van der Waals surface area contributed by atoms with Crippen LogP contribution in [-0.2, 0) is 14.4 Å². The average Bonchev–Trinajstić information content (AvgIpc) is 2.02. The van der Waals surface area contributed by atoms with Crippen LogP contribution >= 0.6 is 0 Å². The minimum Gasteiger partial charge on any atom is -0.481 e. The number of carboxylic acids is 3. The monoisotopic (exact) mass is 206 g/mol. The van der Waals surface area contributed by atoms with Crippen LogP contribution in [-0.4, -0.2) is 44.9 Å². The SMILES string of the molecule is O=C(O)CC(C(=O)O)C(CO)C(=O)O. The van der Waals surface area contributed by atoms with Crippen LogP contribution in [0.25, 0.3) is 0 Å². The first-order valence-electron chi connectivity index (χ1n) is 3.68. The van der Waals surface area contributed by atoms with E-state index in [1.165, 1.54) is 0 Å². The van der Waals surface area contributed by atoms with Gasteiger partial charge >= 0.3 is 17.9 Å². The number of rotatable bonds is 6. The molecule has 0 amide bonds. The minimum atomic E-state index is -1.62. The molecule has 7 nitrogen and oxygen atoms in total. The number of carboxylic acid groups (broad SMARTS) is 3. The summed E-state index contributed by atoms with van der Waals surface area (Å²) in [6.45, 7) is -0.903. The second-order valence-corrected chi connectivity index (χ2v) is 2.67.